The monoisotopic (exact) mass is 292 g/mol. The molecule has 1 atom stereocenters. The van der Waals surface area contributed by atoms with Crippen molar-refractivity contribution in [1.29, 1.82) is 0 Å². The molecular weight excluding hydrogens is 276 g/mol. The van der Waals surface area contributed by atoms with Crippen LogP contribution in [0.3, 0.4) is 0 Å². The third-order valence-corrected chi connectivity index (χ3v) is 3.89. The predicted octanol–water partition coefficient (Wildman–Crippen LogP) is 2.18. The summed E-state index contributed by atoms with van der Waals surface area (Å²) in [6, 6.07) is 7.97. The zero-order valence-electron chi connectivity index (χ0n) is 11.3. The Labute approximate surface area is 122 Å². The Morgan fingerprint density at radius 3 is 3.10 bits per heavy atom. The van der Waals surface area contributed by atoms with E-state index >= 15 is 0 Å². The molecule has 106 valence electrons. The lowest BCUT2D eigenvalue weighted by molar-refractivity contribution is 0.160. The average molecular weight is 293 g/mol. The fraction of sp³-hybridized carbons (Fsp3) is 0.429. The first-order chi connectivity index (χ1) is 9.74. The highest BCUT2D eigenvalue weighted by atomic mass is 35.5. The summed E-state index contributed by atoms with van der Waals surface area (Å²) in [6.45, 7) is 5.89. The first kappa shape index (κ1) is 13.5. The molecule has 1 fully saturated rings. The maximum absolute atomic E-state index is 6.14. The molecule has 0 saturated carbocycles. The fourth-order valence-corrected chi connectivity index (χ4v) is 2.58. The Morgan fingerprint density at radius 2 is 2.30 bits per heavy atom. The van der Waals surface area contributed by atoms with Crippen LogP contribution in [0, 0.1) is 0 Å². The molecule has 2 aromatic rings. The van der Waals surface area contributed by atoms with Crippen LogP contribution in [0.25, 0.3) is 11.5 Å². The molecular formula is C14H17ClN4O. The van der Waals surface area contributed by atoms with Crippen LogP contribution in [0.5, 0.6) is 0 Å². The SMILES string of the molecule is C[C@@H]1CNCCN1Cc1noc(-c2ccccc2Cl)n1. The van der Waals surface area contributed by atoms with E-state index in [9.17, 15) is 0 Å². The van der Waals surface area contributed by atoms with E-state index in [0.717, 1.165) is 25.2 Å². The van der Waals surface area contributed by atoms with Crippen LogP contribution in [-0.4, -0.2) is 40.7 Å². The molecule has 6 heteroatoms. The second-order valence-electron chi connectivity index (χ2n) is 5.02. The van der Waals surface area contributed by atoms with Gasteiger partial charge in [-0.25, -0.2) is 0 Å². The molecule has 1 aromatic carbocycles. The van der Waals surface area contributed by atoms with Crippen molar-refractivity contribution in [1.82, 2.24) is 20.4 Å². The molecule has 3 rings (SSSR count). The number of aromatic nitrogens is 2. The summed E-state index contributed by atoms with van der Waals surface area (Å²) >= 11 is 6.14. The third kappa shape index (κ3) is 2.85. The van der Waals surface area contributed by atoms with Crippen LogP contribution >= 0.6 is 11.6 Å². The number of benzene rings is 1. The summed E-state index contributed by atoms with van der Waals surface area (Å²) in [4.78, 5) is 6.79. The normalized spacial score (nSPS) is 20.2. The summed E-state index contributed by atoms with van der Waals surface area (Å²) in [5.41, 5.74) is 0.779. The van der Waals surface area contributed by atoms with E-state index in [0.29, 0.717) is 29.3 Å². The van der Waals surface area contributed by atoms with Gasteiger partial charge in [-0.15, -0.1) is 0 Å². The minimum absolute atomic E-state index is 0.478. The molecule has 1 aliphatic heterocycles. The van der Waals surface area contributed by atoms with E-state index in [1.165, 1.54) is 0 Å². The van der Waals surface area contributed by atoms with E-state index in [1.54, 1.807) is 0 Å². The molecule has 1 N–H and O–H groups in total. The number of rotatable bonds is 3. The predicted molar refractivity (Wildman–Crippen MR) is 77.5 cm³/mol. The Kier molecular flexibility index (Phi) is 4.00. The topological polar surface area (TPSA) is 54.2 Å². The van der Waals surface area contributed by atoms with Gasteiger partial charge in [0.05, 0.1) is 17.1 Å². The fourth-order valence-electron chi connectivity index (χ4n) is 2.36. The Balaban J connectivity index is 1.75. The number of nitrogens with zero attached hydrogens (tertiary/aromatic N) is 3. The summed E-state index contributed by atoms with van der Waals surface area (Å²) in [7, 11) is 0. The Morgan fingerprint density at radius 1 is 1.45 bits per heavy atom. The number of hydrogen-bond donors (Lipinski definition) is 1. The van der Waals surface area contributed by atoms with E-state index < -0.39 is 0 Å². The smallest absolute Gasteiger partial charge is 0.259 e. The quantitative estimate of drug-likeness (QED) is 0.940. The highest BCUT2D eigenvalue weighted by Crippen LogP contribution is 2.26. The van der Waals surface area contributed by atoms with Crippen molar-refractivity contribution in [2.45, 2.75) is 19.5 Å². The summed E-state index contributed by atoms with van der Waals surface area (Å²) in [5, 5.41) is 8.04. The highest BCUT2D eigenvalue weighted by molar-refractivity contribution is 6.33. The first-order valence-corrected chi connectivity index (χ1v) is 7.14. The molecule has 0 aliphatic carbocycles. The molecule has 1 aliphatic rings. The molecule has 1 aromatic heterocycles. The number of hydrogen-bond acceptors (Lipinski definition) is 5. The van der Waals surface area contributed by atoms with Gasteiger partial charge in [0.1, 0.15) is 0 Å². The second-order valence-corrected chi connectivity index (χ2v) is 5.43. The lowest BCUT2D eigenvalue weighted by atomic mass is 10.2. The average Bonchev–Trinajstić information content (AvgIpc) is 2.90. The number of piperazine rings is 1. The largest absolute Gasteiger partial charge is 0.334 e. The molecule has 0 amide bonds. The molecule has 0 unspecified atom stereocenters. The zero-order valence-corrected chi connectivity index (χ0v) is 12.1. The summed E-state index contributed by atoms with van der Waals surface area (Å²) in [5.74, 6) is 1.18. The van der Waals surface area contributed by atoms with Crippen molar-refractivity contribution < 1.29 is 4.52 Å². The van der Waals surface area contributed by atoms with Crippen molar-refractivity contribution in [3.8, 4) is 11.5 Å². The van der Waals surface area contributed by atoms with E-state index in [-0.39, 0.29) is 0 Å². The van der Waals surface area contributed by atoms with Gasteiger partial charge < -0.3 is 9.84 Å². The minimum atomic E-state index is 0.478. The summed E-state index contributed by atoms with van der Waals surface area (Å²) < 4.78 is 5.32. The minimum Gasteiger partial charge on any atom is -0.334 e. The summed E-state index contributed by atoms with van der Waals surface area (Å²) in [6.07, 6.45) is 0. The number of nitrogens with one attached hydrogen (secondary N) is 1. The van der Waals surface area contributed by atoms with Crippen molar-refractivity contribution in [3.63, 3.8) is 0 Å². The van der Waals surface area contributed by atoms with Gasteiger partial charge in [-0.2, -0.15) is 4.98 Å². The molecule has 0 spiro atoms. The Hall–Kier alpha value is -1.43. The van der Waals surface area contributed by atoms with E-state index in [4.69, 9.17) is 16.1 Å². The van der Waals surface area contributed by atoms with Crippen molar-refractivity contribution in [3.05, 3.63) is 35.1 Å². The lowest BCUT2D eigenvalue weighted by Crippen LogP contribution is -2.49. The van der Waals surface area contributed by atoms with Gasteiger partial charge in [0.25, 0.3) is 5.89 Å². The van der Waals surface area contributed by atoms with Crippen LogP contribution in [0.1, 0.15) is 12.7 Å². The van der Waals surface area contributed by atoms with Gasteiger partial charge in [-0.05, 0) is 19.1 Å². The maximum atomic E-state index is 6.14. The van der Waals surface area contributed by atoms with Crippen molar-refractivity contribution in [2.75, 3.05) is 19.6 Å². The standard InChI is InChI=1S/C14H17ClN4O/c1-10-8-16-6-7-19(10)9-13-17-14(20-18-13)11-4-2-3-5-12(11)15/h2-5,10,16H,6-9H2,1H3/t10-/m1/s1. The zero-order chi connectivity index (χ0) is 13.9. The molecule has 2 heterocycles. The first-order valence-electron chi connectivity index (χ1n) is 6.76. The molecule has 1 saturated heterocycles. The van der Waals surface area contributed by atoms with Crippen molar-refractivity contribution in [2.24, 2.45) is 0 Å². The van der Waals surface area contributed by atoms with Gasteiger partial charge in [-0.3, -0.25) is 4.90 Å². The second kappa shape index (κ2) is 5.91. The van der Waals surface area contributed by atoms with Gasteiger partial charge in [0, 0.05) is 25.7 Å². The van der Waals surface area contributed by atoms with Gasteiger partial charge in [-0.1, -0.05) is 28.9 Å². The Bertz CT molecular complexity index is 586. The van der Waals surface area contributed by atoms with Crippen LogP contribution in [0.2, 0.25) is 5.02 Å². The van der Waals surface area contributed by atoms with Crippen LogP contribution in [0.4, 0.5) is 0 Å². The van der Waals surface area contributed by atoms with Gasteiger partial charge in [0.15, 0.2) is 5.82 Å². The maximum Gasteiger partial charge on any atom is 0.259 e. The third-order valence-electron chi connectivity index (χ3n) is 3.56. The highest BCUT2D eigenvalue weighted by Gasteiger charge is 2.20. The van der Waals surface area contributed by atoms with E-state index in [2.05, 4.69) is 27.3 Å². The van der Waals surface area contributed by atoms with Crippen molar-refractivity contribution >= 4 is 11.6 Å². The van der Waals surface area contributed by atoms with Crippen LogP contribution in [0.15, 0.2) is 28.8 Å². The van der Waals surface area contributed by atoms with Gasteiger partial charge >= 0.3 is 0 Å². The van der Waals surface area contributed by atoms with Crippen LogP contribution < -0.4 is 5.32 Å². The molecule has 0 bridgehead atoms. The lowest BCUT2D eigenvalue weighted by Gasteiger charge is -2.32. The molecule has 5 nitrogen and oxygen atoms in total. The van der Waals surface area contributed by atoms with Gasteiger partial charge in [0.2, 0.25) is 0 Å². The van der Waals surface area contributed by atoms with Crippen LogP contribution in [-0.2, 0) is 6.54 Å². The molecule has 20 heavy (non-hydrogen) atoms. The number of halogens is 1. The molecule has 0 radical (unpaired) electrons. The van der Waals surface area contributed by atoms with E-state index in [1.807, 2.05) is 24.3 Å².